The van der Waals surface area contributed by atoms with Crippen molar-refractivity contribution < 1.29 is 18.0 Å². The van der Waals surface area contributed by atoms with Gasteiger partial charge in [0.25, 0.3) is 0 Å². The number of aromatic amines is 2. The first kappa shape index (κ1) is 15.7. The molecule has 0 bridgehead atoms. The zero-order valence-electron chi connectivity index (χ0n) is 12.9. The van der Waals surface area contributed by atoms with Crippen molar-refractivity contribution in [2.75, 3.05) is 5.32 Å². The van der Waals surface area contributed by atoms with Crippen LogP contribution in [-0.2, 0) is 23.8 Å². The van der Waals surface area contributed by atoms with Crippen molar-refractivity contribution in [2.45, 2.75) is 25.4 Å². The molecule has 1 atom stereocenters. The summed E-state index contributed by atoms with van der Waals surface area (Å²) in [6, 6.07) is 7.29. The summed E-state index contributed by atoms with van der Waals surface area (Å²) in [5, 5.41) is 8.48. The van der Waals surface area contributed by atoms with Crippen LogP contribution in [0.15, 0.2) is 24.3 Å². The molecule has 0 saturated heterocycles. The van der Waals surface area contributed by atoms with Gasteiger partial charge < -0.3 is 4.98 Å². The molecule has 0 saturated carbocycles. The third kappa shape index (κ3) is 2.86. The van der Waals surface area contributed by atoms with Crippen LogP contribution in [0.2, 0.25) is 0 Å². The number of rotatable bonds is 2. The second kappa shape index (κ2) is 5.61. The Hall–Kier alpha value is -2.84. The molecule has 25 heavy (non-hydrogen) atoms. The van der Waals surface area contributed by atoms with Crippen molar-refractivity contribution in [2.24, 2.45) is 5.92 Å². The molecule has 1 aliphatic carbocycles. The Labute approximate surface area is 139 Å². The lowest BCUT2D eigenvalue weighted by atomic mass is 9.85. The number of carbonyl (C=O) groups excluding carboxylic acids is 1. The first-order valence-corrected chi connectivity index (χ1v) is 7.81. The second-order valence-corrected chi connectivity index (χ2v) is 6.06. The summed E-state index contributed by atoms with van der Waals surface area (Å²) in [5.74, 6) is -0.612. The highest BCUT2D eigenvalue weighted by molar-refractivity contribution is 5.93. The van der Waals surface area contributed by atoms with Crippen LogP contribution in [0.4, 0.5) is 19.1 Å². The number of aromatic nitrogens is 4. The Balaban J connectivity index is 1.53. The van der Waals surface area contributed by atoms with Gasteiger partial charge in [-0.1, -0.05) is 12.1 Å². The maximum absolute atomic E-state index is 13.0. The molecule has 2 heterocycles. The van der Waals surface area contributed by atoms with Crippen LogP contribution in [0.1, 0.15) is 23.4 Å². The minimum absolute atomic E-state index is 0.00668. The number of aryl methyl sites for hydroxylation is 1. The number of fused-ring (bicyclic) bond motifs is 2. The fourth-order valence-corrected chi connectivity index (χ4v) is 3.18. The van der Waals surface area contributed by atoms with Crippen molar-refractivity contribution in [3.05, 3.63) is 41.2 Å². The van der Waals surface area contributed by atoms with Gasteiger partial charge >= 0.3 is 6.18 Å². The zero-order valence-corrected chi connectivity index (χ0v) is 12.9. The first-order valence-electron chi connectivity index (χ1n) is 7.81. The highest BCUT2D eigenvalue weighted by Crippen LogP contribution is 2.36. The van der Waals surface area contributed by atoms with Gasteiger partial charge in [0.1, 0.15) is 0 Å². The van der Waals surface area contributed by atoms with E-state index in [0.717, 1.165) is 5.52 Å². The van der Waals surface area contributed by atoms with E-state index in [1.807, 2.05) is 18.2 Å². The molecule has 1 amide bonds. The lowest BCUT2D eigenvalue weighted by Gasteiger charge is -2.21. The van der Waals surface area contributed by atoms with Crippen molar-refractivity contribution in [1.82, 2.24) is 20.2 Å². The molecule has 1 aliphatic rings. The second-order valence-electron chi connectivity index (χ2n) is 6.06. The van der Waals surface area contributed by atoms with Gasteiger partial charge in [-0.25, -0.2) is 4.98 Å². The number of hydrogen-bond donors (Lipinski definition) is 3. The number of nitrogens with zero attached hydrogens (tertiary/aromatic N) is 2. The normalized spacial score (nSPS) is 17.5. The molecule has 0 aliphatic heterocycles. The summed E-state index contributed by atoms with van der Waals surface area (Å²) in [7, 11) is 0. The van der Waals surface area contributed by atoms with E-state index in [1.165, 1.54) is 0 Å². The number of imidazole rings is 1. The predicted octanol–water partition coefficient (Wildman–Crippen LogP) is 3.05. The zero-order chi connectivity index (χ0) is 17.6. The van der Waals surface area contributed by atoms with E-state index in [4.69, 9.17) is 0 Å². The summed E-state index contributed by atoms with van der Waals surface area (Å²) in [5.41, 5.74) is 1.10. The van der Waals surface area contributed by atoms with Crippen molar-refractivity contribution >= 4 is 22.9 Å². The molecule has 0 spiro atoms. The fourth-order valence-electron chi connectivity index (χ4n) is 3.18. The van der Waals surface area contributed by atoms with E-state index in [0.29, 0.717) is 30.0 Å². The summed E-state index contributed by atoms with van der Waals surface area (Å²) >= 11 is 0. The van der Waals surface area contributed by atoms with Gasteiger partial charge in [0, 0.05) is 17.2 Å². The lowest BCUT2D eigenvalue weighted by Crippen LogP contribution is -2.29. The third-order valence-corrected chi connectivity index (χ3v) is 4.42. The third-order valence-electron chi connectivity index (χ3n) is 4.42. The number of para-hydroxylation sites is 2. The van der Waals surface area contributed by atoms with Gasteiger partial charge in [0.2, 0.25) is 11.9 Å². The highest BCUT2D eigenvalue weighted by Gasteiger charge is 2.40. The van der Waals surface area contributed by atoms with Gasteiger partial charge in [0.05, 0.1) is 11.0 Å². The molecule has 3 N–H and O–H groups in total. The van der Waals surface area contributed by atoms with Crippen LogP contribution < -0.4 is 5.32 Å². The minimum atomic E-state index is -4.53. The van der Waals surface area contributed by atoms with Crippen LogP contribution in [0.3, 0.4) is 0 Å². The Morgan fingerprint density at radius 3 is 2.84 bits per heavy atom. The van der Waals surface area contributed by atoms with E-state index in [9.17, 15) is 18.0 Å². The van der Waals surface area contributed by atoms with E-state index in [-0.39, 0.29) is 17.9 Å². The quantitative estimate of drug-likeness (QED) is 0.665. The molecule has 130 valence electrons. The van der Waals surface area contributed by atoms with Crippen LogP contribution in [0.5, 0.6) is 0 Å². The number of hydrogen-bond acceptors (Lipinski definition) is 3. The number of alkyl halides is 3. The van der Waals surface area contributed by atoms with Crippen LogP contribution >= 0.6 is 0 Å². The molecule has 6 nitrogen and oxygen atoms in total. The molecule has 0 fully saturated rings. The van der Waals surface area contributed by atoms with Gasteiger partial charge in [-0.15, -0.1) is 0 Å². The molecular formula is C16H14F3N5O. The molecular weight excluding hydrogens is 335 g/mol. The van der Waals surface area contributed by atoms with Crippen LogP contribution in [0.25, 0.3) is 11.0 Å². The summed E-state index contributed by atoms with van der Waals surface area (Å²) in [4.78, 5) is 19.7. The minimum Gasteiger partial charge on any atom is -0.324 e. The molecule has 3 aromatic rings. The Morgan fingerprint density at radius 2 is 2.08 bits per heavy atom. The van der Waals surface area contributed by atoms with E-state index in [2.05, 4.69) is 25.5 Å². The van der Waals surface area contributed by atoms with E-state index in [1.54, 1.807) is 6.07 Å². The lowest BCUT2D eigenvalue weighted by molar-refractivity contribution is -0.142. The average Bonchev–Trinajstić information content (AvgIpc) is 3.16. The average molecular weight is 349 g/mol. The number of halogens is 3. The largest absolute Gasteiger partial charge is 0.435 e. The van der Waals surface area contributed by atoms with E-state index >= 15 is 0 Å². The molecule has 2 aromatic heterocycles. The maximum Gasteiger partial charge on any atom is 0.435 e. The summed E-state index contributed by atoms with van der Waals surface area (Å²) < 4.78 is 39.0. The predicted molar refractivity (Wildman–Crippen MR) is 83.8 cm³/mol. The molecule has 9 heteroatoms. The molecule has 1 aromatic carbocycles. The highest BCUT2D eigenvalue weighted by atomic mass is 19.4. The molecule has 0 unspecified atom stereocenters. The smallest absolute Gasteiger partial charge is 0.324 e. The number of H-pyrrole nitrogens is 2. The van der Waals surface area contributed by atoms with E-state index < -0.39 is 17.8 Å². The standard InChI is InChI=1S/C16H14F3N5O/c17-16(18,19)13-9-7-8(5-6-10(9)23-24-13)14(25)22-15-20-11-3-1-2-4-12(11)21-15/h1-4,8H,5-7H2,(H,23,24)(H2,20,21,22,25)/t8-/m1/s1. The topological polar surface area (TPSA) is 86.5 Å². The number of anilines is 1. The summed E-state index contributed by atoms with van der Waals surface area (Å²) in [6.07, 6.45) is -3.71. The van der Waals surface area contributed by atoms with Crippen LogP contribution in [0, 0.1) is 5.92 Å². The van der Waals surface area contributed by atoms with Crippen molar-refractivity contribution in [3.8, 4) is 0 Å². The Bertz CT molecular complexity index is 910. The first-order chi connectivity index (χ1) is 11.9. The number of amides is 1. The molecule has 4 rings (SSSR count). The monoisotopic (exact) mass is 349 g/mol. The maximum atomic E-state index is 13.0. The summed E-state index contributed by atoms with van der Waals surface area (Å²) in [6.45, 7) is 0. The Morgan fingerprint density at radius 1 is 1.28 bits per heavy atom. The van der Waals surface area contributed by atoms with Gasteiger partial charge in [0.15, 0.2) is 5.69 Å². The fraction of sp³-hybridized carbons (Fsp3) is 0.312. The number of carbonyl (C=O) groups is 1. The Kier molecular flexibility index (Phi) is 3.52. The van der Waals surface area contributed by atoms with Crippen molar-refractivity contribution in [1.29, 1.82) is 0 Å². The van der Waals surface area contributed by atoms with Gasteiger partial charge in [-0.05, 0) is 31.4 Å². The number of benzene rings is 1. The van der Waals surface area contributed by atoms with Gasteiger partial charge in [-0.2, -0.15) is 18.3 Å². The van der Waals surface area contributed by atoms with Crippen molar-refractivity contribution in [3.63, 3.8) is 0 Å². The molecule has 0 radical (unpaired) electrons. The van der Waals surface area contributed by atoms with Gasteiger partial charge in [-0.3, -0.25) is 15.2 Å². The number of nitrogens with one attached hydrogen (secondary N) is 3. The SMILES string of the molecule is O=C(Nc1nc2ccccc2[nH]1)[C@@H]1CCc2[nH]nc(C(F)(F)F)c2C1. The van der Waals surface area contributed by atoms with Crippen LogP contribution in [-0.4, -0.2) is 26.1 Å².